The summed E-state index contributed by atoms with van der Waals surface area (Å²) in [6.07, 6.45) is 4.28. The highest BCUT2D eigenvalue weighted by atomic mass is 16.5. The van der Waals surface area contributed by atoms with Gasteiger partial charge in [0.1, 0.15) is 12.4 Å². The zero-order chi connectivity index (χ0) is 29.7. The van der Waals surface area contributed by atoms with Crippen LogP contribution in [0.3, 0.4) is 0 Å². The minimum atomic E-state index is -0.775. The molecule has 3 aromatic carbocycles. The molecule has 0 spiro atoms. The summed E-state index contributed by atoms with van der Waals surface area (Å²) < 4.78 is 17.2. The Morgan fingerprint density at radius 3 is 2.37 bits per heavy atom. The lowest BCUT2D eigenvalue weighted by Crippen LogP contribution is -2.33. The van der Waals surface area contributed by atoms with E-state index in [0.29, 0.717) is 26.1 Å². The molecule has 0 aliphatic heterocycles. The predicted molar refractivity (Wildman–Crippen MR) is 165 cm³/mol. The lowest BCUT2D eigenvalue weighted by Gasteiger charge is -2.33. The summed E-state index contributed by atoms with van der Waals surface area (Å²) in [5.74, 6) is 0.491. The van der Waals surface area contributed by atoms with Gasteiger partial charge in [-0.05, 0) is 85.9 Å². The van der Waals surface area contributed by atoms with Crippen molar-refractivity contribution in [3.63, 3.8) is 0 Å². The number of ether oxygens (including phenoxy) is 3. The number of nitrogens with one attached hydrogen (secondary N) is 1. The van der Waals surface area contributed by atoms with Gasteiger partial charge >= 0.3 is 5.97 Å². The van der Waals surface area contributed by atoms with Crippen molar-refractivity contribution in [2.24, 2.45) is 11.1 Å². The molecule has 1 atom stereocenters. The fourth-order valence-electron chi connectivity index (χ4n) is 4.79. The first-order valence-corrected chi connectivity index (χ1v) is 14.4. The summed E-state index contributed by atoms with van der Waals surface area (Å²) in [6.45, 7) is 10.2. The van der Waals surface area contributed by atoms with E-state index in [9.17, 15) is 4.79 Å². The van der Waals surface area contributed by atoms with Crippen molar-refractivity contribution < 1.29 is 19.0 Å². The number of esters is 1. The Hall–Kier alpha value is -3.77. The Balaban J connectivity index is 1.78. The van der Waals surface area contributed by atoms with Gasteiger partial charge < -0.3 is 25.3 Å². The summed E-state index contributed by atoms with van der Waals surface area (Å²) >= 11 is 0. The van der Waals surface area contributed by atoms with Crippen LogP contribution in [0, 0.1) is 12.3 Å². The minimum absolute atomic E-state index is 0.107. The quantitative estimate of drug-likeness (QED) is 0.143. The minimum Gasteiger partial charge on any atom is -0.497 e. The van der Waals surface area contributed by atoms with E-state index < -0.39 is 5.41 Å². The Labute approximate surface area is 245 Å². The SMILES string of the molecule is CCCN/C=C(\N)CCC(c1ccc(C)c(COCc2ccc(OC)cc2)c1)C(C)(C)C(=O)OCc1ccccc1. The van der Waals surface area contributed by atoms with Crippen LogP contribution < -0.4 is 15.8 Å². The second kappa shape index (κ2) is 15.9. The predicted octanol–water partition coefficient (Wildman–Crippen LogP) is 7.15. The number of hydrogen-bond donors (Lipinski definition) is 2. The number of hydrogen-bond acceptors (Lipinski definition) is 6. The van der Waals surface area contributed by atoms with Crippen molar-refractivity contribution in [2.45, 2.75) is 72.7 Å². The van der Waals surface area contributed by atoms with Crippen molar-refractivity contribution in [1.29, 1.82) is 0 Å². The van der Waals surface area contributed by atoms with Crippen LogP contribution >= 0.6 is 0 Å². The summed E-state index contributed by atoms with van der Waals surface area (Å²) in [4.78, 5) is 13.5. The molecular weight excluding hydrogens is 512 g/mol. The molecule has 0 aliphatic carbocycles. The van der Waals surface area contributed by atoms with Gasteiger partial charge in [-0.1, -0.05) is 67.6 Å². The highest BCUT2D eigenvalue weighted by Crippen LogP contribution is 2.41. The first kappa shape index (κ1) is 31.8. The second-order valence-corrected chi connectivity index (χ2v) is 11.1. The van der Waals surface area contributed by atoms with E-state index in [1.165, 1.54) is 0 Å². The van der Waals surface area contributed by atoms with E-state index in [1.807, 2.05) is 74.6 Å². The largest absolute Gasteiger partial charge is 0.497 e. The van der Waals surface area contributed by atoms with Crippen molar-refractivity contribution >= 4 is 5.97 Å². The lowest BCUT2D eigenvalue weighted by molar-refractivity contribution is -0.156. The monoisotopic (exact) mass is 558 g/mol. The molecule has 0 amide bonds. The van der Waals surface area contributed by atoms with Crippen LogP contribution in [0.1, 0.15) is 73.8 Å². The van der Waals surface area contributed by atoms with Crippen LogP contribution in [0.25, 0.3) is 0 Å². The number of aryl methyl sites for hydroxylation is 1. The van der Waals surface area contributed by atoms with Crippen molar-refractivity contribution in [2.75, 3.05) is 13.7 Å². The zero-order valence-corrected chi connectivity index (χ0v) is 25.2. The van der Waals surface area contributed by atoms with Crippen LogP contribution in [0.15, 0.2) is 84.7 Å². The molecule has 0 saturated heterocycles. The van der Waals surface area contributed by atoms with Crippen molar-refractivity contribution in [3.8, 4) is 5.75 Å². The second-order valence-electron chi connectivity index (χ2n) is 11.1. The number of methoxy groups -OCH3 is 1. The maximum Gasteiger partial charge on any atom is 0.312 e. The molecule has 0 heterocycles. The van der Waals surface area contributed by atoms with Crippen molar-refractivity contribution in [1.82, 2.24) is 5.32 Å². The molecule has 0 saturated carbocycles. The number of allylic oxidation sites excluding steroid dienone is 1. The topological polar surface area (TPSA) is 82.8 Å². The Morgan fingerprint density at radius 2 is 1.68 bits per heavy atom. The molecule has 0 radical (unpaired) electrons. The van der Waals surface area contributed by atoms with Gasteiger partial charge in [0.15, 0.2) is 0 Å². The third-order valence-electron chi connectivity index (χ3n) is 7.47. The summed E-state index contributed by atoms with van der Waals surface area (Å²) in [7, 11) is 1.66. The van der Waals surface area contributed by atoms with Crippen LogP contribution in [0.5, 0.6) is 5.75 Å². The molecule has 6 nitrogen and oxygen atoms in total. The van der Waals surface area contributed by atoms with Crippen LogP contribution in [-0.2, 0) is 34.1 Å². The van der Waals surface area contributed by atoms with Gasteiger partial charge in [0.05, 0.1) is 25.7 Å². The molecule has 1 unspecified atom stereocenters. The average Bonchev–Trinajstić information content (AvgIpc) is 2.98. The van der Waals surface area contributed by atoms with E-state index in [4.69, 9.17) is 19.9 Å². The number of benzene rings is 3. The van der Waals surface area contributed by atoms with Gasteiger partial charge in [-0.15, -0.1) is 0 Å². The van der Waals surface area contributed by atoms with E-state index in [1.54, 1.807) is 7.11 Å². The summed E-state index contributed by atoms with van der Waals surface area (Å²) in [5, 5.41) is 3.26. The number of rotatable bonds is 16. The third-order valence-corrected chi connectivity index (χ3v) is 7.47. The van der Waals surface area contributed by atoms with Gasteiger partial charge in [0, 0.05) is 18.4 Å². The zero-order valence-electron chi connectivity index (χ0n) is 25.2. The van der Waals surface area contributed by atoms with Gasteiger partial charge in [-0.2, -0.15) is 0 Å². The molecule has 220 valence electrons. The first-order valence-electron chi connectivity index (χ1n) is 14.4. The molecule has 0 aromatic heterocycles. The lowest BCUT2D eigenvalue weighted by atomic mass is 9.72. The fraction of sp³-hybridized carbons (Fsp3) is 0.400. The van der Waals surface area contributed by atoms with E-state index in [2.05, 4.69) is 37.4 Å². The van der Waals surface area contributed by atoms with Crippen LogP contribution in [-0.4, -0.2) is 19.6 Å². The third kappa shape index (κ3) is 9.68. The Bertz CT molecular complexity index is 1250. The number of carbonyl (C=O) groups excluding carboxylic acids is 1. The van der Waals surface area contributed by atoms with Gasteiger partial charge in [-0.25, -0.2) is 0 Å². The molecular formula is C35H46N2O4. The average molecular weight is 559 g/mol. The fourth-order valence-corrected chi connectivity index (χ4v) is 4.79. The standard InChI is InChI=1S/C35H46N2O4/c1-6-20-37-22-31(36)16-19-33(35(3,4)34(38)41-24-27-10-8-7-9-11-27)29-15-12-26(2)30(21-29)25-40-23-28-13-17-32(39-5)18-14-28/h7-15,17-18,21-22,33,37H,6,16,19-20,23-25,36H2,1-5H3/b31-22-. The molecule has 3 N–H and O–H groups in total. The van der Waals surface area contributed by atoms with Gasteiger partial charge in [0.25, 0.3) is 0 Å². The summed E-state index contributed by atoms with van der Waals surface area (Å²) in [5.41, 5.74) is 11.7. The Kier molecular flexibility index (Phi) is 12.3. The molecule has 0 bridgehead atoms. The molecule has 3 rings (SSSR count). The van der Waals surface area contributed by atoms with E-state index in [-0.39, 0.29) is 18.5 Å². The van der Waals surface area contributed by atoms with Crippen LogP contribution in [0.2, 0.25) is 0 Å². The molecule has 6 heteroatoms. The van der Waals surface area contributed by atoms with Crippen molar-refractivity contribution in [3.05, 3.63) is 113 Å². The maximum absolute atomic E-state index is 13.5. The van der Waals surface area contributed by atoms with Gasteiger partial charge in [-0.3, -0.25) is 4.79 Å². The number of carbonyl (C=O) groups is 1. The highest BCUT2D eigenvalue weighted by Gasteiger charge is 2.39. The Morgan fingerprint density at radius 1 is 0.976 bits per heavy atom. The molecule has 0 fully saturated rings. The highest BCUT2D eigenvalue weighted by molar-refractivity contribution is 5.77. The molecule has 41 heavy (non-hydrogen) atoms. The molecule has 0 aliphatic rings. The van der Waals surface area contributed by atoms with E-state index >= 15 is 0 Å². The normalized spacial score (nSPS) is 12.6. The van der Waals surface area contributed by atoms with E-state index in [0.717, 1.165) is 52.2 Å². The molecule has 3 aromatic rings. The van der Waals surface area contributed by atoms with Crippen LogP contribution in [0.4, 0.5) is 0 Å². The first-order chi connectivity index (χ1) is 19.7. The maximum atomic E-state index is 13.5. The summed E-state index contributed by atoms with van der Waals surface area (Å²) in [6, 6.07) is 24.1. The smallest absolute Gasteiger partial charge is 0.312 e. The number of nitrogens with two attached hydrogens (primary N) is 1. The van der Waals surface area contributed by atoms with Gasteiger partial charge in [0.2, 0.25) is 0 Å².